The minimum atomic E-state index is 0.949. The van der Waals surface area contributed by atoms with Crippen LogP contribution in [-0.4, -0.2) is 13.8 Å². The van der Waals surface area contributed by atoms with Gasteiger partial charge in [-0.25, -0.2) is 4.98 Å². The van der Waals surface area contributed by atoms with Crippen LogP contribution in [0.2, 0.25) is 0 Å². The van der Waals surface area contributed by atoms with Crippen LogP contribution in [0.3, 0.4) is 0 Å². The first-order chi connectivity index (χ1) is 13.9. The second-order valence-electron chi connectivity index (χ2n) is 7.31. The highest BCUT2D eigenvalue weighted by atomic mass is 15.1. The second kappa shape index (κ2) is 4.90. The van der Waals surface area contributed by atoms with Crippen LogP contribution in [0.5, 0.6) is 0 Å². The molecule has 0 N–H and O–H groups in total. The van der Waals surface area contributed by atoms with Crippen molar-refractivity contribution in [1.29, 1.82) is 0 Å². The average Bonchev–Trinajstić information content (AvgIpc) is 3.25. The summed E-state index contributed by atoms with van der Waals surface area (Å²) < 4.78 is 4.64. The molecule has 0 bridgehead atoms. The van der Waals surface area contributed by atoms with Gasteiger partial charge >= 0.3 is 0 Å². The summed E-state index contributed by atoms with van der Waals surface area (Å²) in [5, 5.41) is 5.01. The Hall–Kier alpha value is -3.85. The number of aromatic nitrogens is 3. The van der Waals surface area contributed by atoms with E-state index < -0.39 is 0 Å². The zero-order chi connectivity index (χ0) is 18.2. The van der Waals surface area contributed by atoms with Crippen molar-refractivity contribution < 1.29 is 0 Å². The molecule has 7 aromatic rings. The lowest BCUT2D eigenvalue weighted by molar-refractivity contribution is 1.17. The van der Waals surface area contributed by atoms with Gasteiger partial charge in [0.05, 0.1) is 27.6 Å². The van der Waals surface area contributed by atoms with Crippen molar-refractivity contribution in [3.05, 3.63) is 91.0 Å². The van der Waals surface area contributed by atoms with E-state index in [1.54, 1.807) is 0 Å². The van der Waals surface area contributed by atoms with Crippen molar-refractivity contribution in [2.45, 2.75) is 0 Å². The average molecular weight is 357 g/mol. The summed E-state index contributed by atoms with van der Waals surface area (Å²) >= 11 is 0. The summed E-state index contributed by atoms with van der Waals surface area (Å²) in [5.41, 5.74) is 5.73. The maximum absolute atomic E-state index is 5.08. The molecule has 3 aromatic heterocycles. The van der Waals surface area contributed by atoms with Crippen molar-refractivity contribution in [2.75, 3.05) is 0 Å². The fraction of sp³-hybridized carbons (Fsp3) is 0. The number of benzene rings is 4. The number of fused-ring (bicyclic) bond motifs is 10. The summed E-state index contributed by atoms with van der Waals surface area (Å²) in [6, 6.07) is 32.3. The highest BCUT2D eigenvalue weighted by Crippen LogP contribution is 2.36. The van der Waals surface area contributed by atoms with Gasteiger partial charge in [-0.05, 0) is 24.3 Å². The molecule has 0 aliphatic heterocycles. The van der Waals surface area contributed by atoms with Crippen LogP contribution in [0.1, 0.15) is 0 Å². The molecule has 3 heterocycles. The van der Waals surface area contributed by atoms with Crippen LogP contribution >= 0.6 is 0 Å². The van der Waals surface area contributed by atoms with E-state index in [9.17, 15) is 0 Å². The second-order valence-corrected chi connectivity index (χ2v) is 7.31. The molecule has 0 amide bonds. The van der Waals surface area contributed by atoms with Gasteiger partial charge in [0.2, 0.25) is 5.78 Å². The largest absolute Gasteiger partial charge is 0.278 e. The Morgan fingerprint density at radius 3 is 1.71 bits per heavy atom. The summed E-state index contributed by atoms with van der Waals surface area (Å²) in [7, 11) is 0. The van der Waals surface area contributed by atoms with Gasteiger partial charge in [0.25, 0.3) is 0 Å². The molecule has 0 aliphatic carbocycles. The monoisotopic (exact) mass is 357 g/mol. The van der Waals surface area contributed by atoms with Gasteiger partial charge in [-0.2, -0.15) is 0 Å². The number of nitrogens with zero attached hydrogens (tertiary/aromatic N) is 3. The normalized spacial score (nSPS) is 12.3. The molecule has 7 rings (SSSR count). The molecule has 0 unspecified atom stereocenters. The summed E-state index contributed by atoms with van der Waals surface area (Å²) in [6.07, 6.45) is 0. The molecule has 0 saturated carbocycles. The Bertz CT molecular complexity index is 1710. The van der Waals surface area contributed by atoms with E-state index in [1.165, 1.54) is 38.1 Å². The third kappa shape index (κ3) is 1.58. The van der Waals surface area contributed by atoms with Gasteiger partial charge in [0, 0.05) is 21.5 Å². The Morgan fingerprint density at radius 2 is 1.00 bits per heavy atom. The van der Waals surface area contributed by atoms with E-state index in [-0.39, 0.29) is 0 Å². The molecule has 0 saturated heterocycles. The molecule has 0 atom stereocenters. The molecule has 3 nitrogen and oxygen atoms in total. The van der Waals surface area contributed by atoms with Crippen LogP contribution in [0, 0.1) is 0 Å². The summed E-state index contributed by atoms with van der Waals surface area (Å²) in [4.78, 5) is 5.08. The SMILES string of the molecule is c1ccc2c(c1)nc1n2c2ccccc2c2cccc3c4ccccc4n1c23. The zero-order valence-electron chi connectivity index (χ0n) is 15.0. The minimum absolute atomic E-state index is 0.949. The minimum Gasteiger partial charge on any atom is -0.278 e. The van der Waals surface area contributed by atoms with E-state index in [0.717, 1.165) is 16.8 Å². The number of imidazole rings is 1. The van der Waals surface area contributed by atoms with Crippen LogP contribution < -0.4 is 0 Å². The summed E-state index contributed by atoms with van der Waals surface area (Å²) in [6.45, 7) is 0. The molecule has 0 spiro atoms. The van der Waals surface area contributed by atoms with Crippen LogP contribution in [0.4, 0.5) is 0 Å². The van der Waals surface area contributed by atoms with Crippen molar-refractivity contribution in [1.82, 2.24) is 13.8 Å². The number of hydrogen-bond donors (Lipinski definition) is 0. The standard InChI is InChI=1S/C25H15N3/c1-4-13-21-16(8-1)18-10-7-11-19-17-9-2-5-14-22(17)28(24(18)19)25-26-20-12-3-6-15-23(20)27(21)25/h1-15H. The molecule has 0 fully saturated rings. The molecule has 28 heavy (non-hydrogen) atoms. The molecule has 130 valence electrons. The van der Waals surface area contributed by atoms with Gasteiger partial charge in [0.15, 0.2) is 0 Å². The smallest absolute Gasteiger partial charge is 0.220 e. The van der Waals surface area contributed by atoms with Crippen molar-refractivity contribution in [3.63, 3.8) is 0 Å². The van der Waals surface area contributed by atoms with Crippen LogP contribution in [0.15, 0.2) is 91.0 Å². The maximum atomic E-state index is 5.08. The fourth-order valence-corrected chi connectivity index (χ4v) is 4.74. The highest BCUT2D eigenvalue weighted by Gasteiger charge is 2.17. The van der Waals surface area contributed by atoms with Gasteiger partial charge < -0.3 is 0 Å². The number of hydrogen-bond acceptors (Lipinski definition) is 1. The van der Waals surface area contributed by atoms with Gasteiger partial charge in [0.1, 0.15) is 0 Å². The highest BCUT2D eigenvalue weighted by molar-refractivity contribution is 6.20. The first kappa shape index (κ1) is 14.2. The van der Waals surface area contributed by atoms with Gasteiger partial charge in [-0.3, -0.25) is 8.80 Å². The lowest BCUT2D eigenvalue weighted by Gasteiger charge is -2.00. The Labute approximate surface area is 160 Å². The molecule has 3 heteroatoms. The first-order valence-electron chi connectivity index (χ1n) is 9.51. The van der Waals surface area contributed by atoms with Crippen LogP contribution in [-0.2, 0) is 0 Å². The molecule has 0 aliphatic rings. The Balaban J connectivity index is 2.02. The third-order valence-corrected chi connectivity index (χ3v) is 5.87. The summed E-state index contributed by atoms with van der Waals surface area (Å²) in [5.74, 6) is 0.949. The predicted octanol–water partition coefficient (Wildman–Crippen LogP) is 6.20. The van der Waals surface area contributed by atoms with E-state index in [1.807, 2.05) is 0 Å². The van der Waals surface area contributed by atoms with Crippen molar-refractivity contribution in [2.24, 2.45) is 0 Å². The predicted molar refractivity (Wildman–Crippen MR) is 116 cm³/mol. The fourth-order valence-electron chi connectivity index (χ4n) is 4.74. The zero-order valence-corrected chi connectivity index (χ0v) is 15.0. The molecule has 4 aromatic carbocycles. The molecule has 0 radical (unpaired) electrons. The molecular weight excluding hydrogens is 342 g/mol. The van der Waals surface area contributed by atoms with Crippen molar-refractivity contribution in [3.8, 4) is 0 Å². The Morgan fingerprint density at radius 1 is 0.464 bits per heavy atom. The van der Waals surface area contributed by atoms with Crippen LogP contribution in [0.25, 0.3) is 54.9 Å². The van der Waals surface area contributed by atoms with E-state index in [4.69, 9.17) is 4.98 Å². The molecular formula is C25H15N3. The topological polar surface area (TPSA) is 21.7 Å². The quantitative estimate of drug-likeness (QED) is 0.317. The lowest BCUT2D eigenvalue weighted by atomic mass is 10.1. The lowest BCUT2D eigenvalue weighted by Crippen LogP contribution is -1.90. The number of rotatable bonds is 0. The van der Waals surface area contributed by atoms with Gasteiger partial charge in [-0.15, -0.1) is 0 Å². The van der Waals surface area contributed by atoms with E-state index in [2.05, 4.69) is 99.8 Å². The maximum Gasteiger partial charge on any atom is 0.220 e. The number of para-hydroxylation sites is 5. The first-order valence-corrected chi connectivity index (χ1v) is 9.51. The van der Waals surface area contributed by atoms with E-state index in [0.29, 0.717) is 0 Å². The van der Waals surface area contributed by atoms with E-state index >= 15 is 0 Å². The third-order valence-electron chi connectivity index (χ3n) is 5.87. The van der Waals surface area contributed by atoms with Crippen molar-refractivity contribution >= 4 is 54.9 Å². The van der Waals surface area contributed by atoms with Gasteiger partial charge in [-0.1, -0.05) is 66.7 Å². The Kier molecular flexibility index (Phi) is 2.49.